The van der Waals surface area contributed by atoms with Crippen molar-refractivity contribution in [2.24, 2.45) is 5.73 Å². The molecule has 21 heavy (non-hydrogen) atoms. The third-order valence-electron chi connectivity index (χ3n) is 3.70. The Labute approximate surface area is 124 Å². The van der Waals surface area contributed by atoms with Gasteiger partial charge in [-0.25, -0.2) is 4.98 Å². The zero-order valence-corrected chi connectivity index (χ0v) is 12.5. The van der Waals surface area contributed by atoms with Crippen LogP contribution >= 0.6 is 0 Å². The Morgan fingerprint density at radius 1 is 1.14 bits per heavy atom. The van der Waals surface area contributed by atoms with Crippen LogP contribution in [-0.2, 0) is 13.1 Å². The van der Waals surface area contributed by atoms with Crippen LogP contribution in [0.3, 0.4) is 0 Å². The van der Waals surface area contributed by atoms with Gasteiger partial charge in [0, 0.05) is 26.3 Å². The summed E-state index contributed by atoms with van der Waals surface area (Å²) in [4.78, 5) is 6.86. The molecule has 0 unspecified atom stereocenters. The lowest BCUT2D eigenvalue weighted by atomic mass is 10.1. The standard InChI is InChI=1S/C17H20N4/c1-13-6-8-14(9-7-13)12-20(2)17-15(11-18)21-10-4-3-5-16(21)19-17/h3-10H,11-12,18H2,1-2H3. The smallest absolute Gasteiger partial charge is 0.152 e. The first-order chi connectivity index (χ1) is 10.2. The predicted molar refractivity (Wildman–Crippen MR) is 86.4 cm³/mol. The summed E-state index contributed by atoms with van der Waals surface area (Å²) in [6, 6.07) is 14.6. The fourth-order valence-electron chi connectivity index (χ4n) is 2.57. The first-order valence-electron chi connectivity index (χ1n) is 7.12. The number of pyridine rings is 1. The molecule has 0 spiro atoms. The minimum atomic E-state index is 0.471. The number of benzene rings is 1. The molecule has 0 aliphatic rings. The normalized spacial score (nSPS) is 11.0. The second kappa shape index (κ2) is 5.58. The van der Waals surface area contributed by atoms with Crippen LogP contribution in [0.1, 0.15) is 16.8 Å². The molecule has 4 heteroatoms. The molecule has 0 fully saturated rings. The van der Waals surface area contributed by atoms with Gasteiger partial charge < -0.3 is 15.0 Å². The zero-order chi connectivity index (χ0) is 14.8. The van der Waals surface area contributed by atoms with Crippen molar-refractivity contribution in [1.29, 1.82) is 0 Å². The second-order valence-electron chi connectivity index (χ2n) is 5.36. The van der Waals surface area contributed by atoms with Gasteiger partial charge in [0.15, 0.2) is 5.82 Å². The van der Waals surface area contributed by atoms with Crippen molar-refractivity contribution in [1.82, 2.24) is 9.38 Å². The lowest BCUT2D eigenvalue weighted by Gasteiger charge is -2.18. The number of fused-ring (bicyclic) bond motifs is 1. The number of rotatable bonds is 4. The van der Waals surface area contributed by atoms with E-state index in [-0.39, 0.29) is 0 Å². The van der Waals surface area contributed by atoms with Crippen molar-refractivity contribution < 1.29 is 0 Å². The average molecular weight is 280 g/mol. The van der Waals surface area contributed by atoms with Gasteiger partial charge in [-0.3, -0.25) is 0 Å². The van der Waals surface area contributed by atoms with Crippen molar-refractivity contribution in [3.8, 4) is 0 Å². The fraction of sp³-hybridized carbons (Fsp3) is 0.235. The third-order valence-corrected chi connectivity index (χ3v) is 3.70. The fourth-order valence-corrected chi connectivity index (χ4v) is 2.57. The number of anilines is 1. The van der Waals surface area contributed by atoms with Crippen molar-refractivity contribution in [2.75, 3.05) is 11.9 Å². The molecule has 0 aliphatic heterocycles. The van der Waals surface area contributed by atoms with E-state index in [1.54, 1.807) is 0 Å². The van der Waals surface area contributed by atoms with Gasteiger partial charge in [-0.1, -0.05) is 35.9 Å². The van der Waals surface area contributed by atoms with Crippen molar-refractivity contribution in [3.05, 3.63) is 65.5 Å². The van der Waals surface area contributed by atoms with Gasteiger partial charge in [0.1, 0.15) is 5.65 Å². The molecule has 108 valence electrons. The van der Waals surface area contributed by atoms with Gasteiger partial charge in [-0.15, -0.1) is 0 Å². The largest absolute Gasteiger partial charge is 0.354 e. The van der Waals surface area contributed by atoms with Crippen LogP contribution in [0.2, 0.25) is 0 Å². The first-order valence-corrected chi connectivity index (χ1v) is 7.12. The Hall–Kier alpha value is -2.33. The molecule has 0 saturated carbocycles. The Bertz CT molecular complexity index is 743. The monoisotopic (exact) mass is 280 g/mol. The molecule has 2 heterocycles. The molecule has 3 rings (SSSR count). The number of nitrogens with two attached hydrogens (primary N) is 1. The molecule has 4 nitrogen and oxygen atoms in total. The molecular weight excluding hydrogens is 260 g/mol. The van der Waals surface area contributed by atoms with E-state index in [1.807, 2.05) is 24.4 Å². The maximum absolute atomic E-state index is 5.92. The number of aryl methyl sites for hydroxylation is 1. The van der Waals surface area contributed by atoms with E-state index < -0.39 is 0 Å². The summed E-state index contributed by atoms with van der Waals surface area (Å²) in [5.74, 6) is 0.948. The number of nitrogens with zero attached hydrogens (tertiary/aromatic N) is 3. The summed E-state index contributed by atoms with van der Waals surface area (Å²) in [6.07, 6.45) is 2.01. The van der Waals surface area contributed by atoms with Gasteiger partial charge >= 0.3 is 0 Å². The Balaban J connectivity index is 1.93. The molecule has 3 aromatic rings. The molecule has 0 bridgehead atoms. The van der Waals surface area contributed by atoms with E-state index in [1.165, 1.54) is 11.1 Å². The van der Waals surface area contributed by atoms with E-state index in [0.29, 0.717) is 6.54 Å². The zero-order valence-electron chi connectivity index (χ0n) is 12.5. The Morgan fingerprint density at radius 3 is 2.62 bits per heavy atom. The second-order valence-corrected chi connectivity index (χ2v) is 5.36. The highest BCUT2D eigenvalue weighted by molar-refractivity contribution is 5.55. The Morgan fingerprint density at radius 2 is 1.90 bits per heavy atom. The number of hydrogen-bond donors (Lipinski definition) is 1. The molecule has 0 atom stereocenters. The van der Waals surface area contributed by atoms with Crippen LogP contribution in [0, 0.1) is 6.92 Å². The quantitative estimate of drug-likeness (QED) is 0.799. The van der Waals surface area contributed by atoms with Gasteiger partial charge in [0.05, 0.1) is 5.69 Å². The average Bonchev–Trinajstić information content (AvgIpc) is 2.88. The van der Waals surface area contributed by atoms with Gasteiger partial charge in [0.25, 0.3) is 0 Å². The number of hydrogen-bond acceptors (Lipinski definition) is 3. The van der Waals surface area contributed by atoms with Crippen molar-refractivity contribution >= 4 is 11.5 Å². The highest BCUT2D eigenvalue weighted by Gasteiger charge is 2.14. The van der Waals surface area contributed by atoms with Crippen LogP contribution < -0.4 is 10.6 Å². The molecule has 0 radical (unpaired) electrons. The summed E-state index contributed by atoms with van der Waals surface area (Å²) < 4.78 is 2.06. The van der Waals surface area contributed by atoms with Crippen LogP contribution in [0.4, 0.5) is 5.82 Å². The van der Waals surface area contributed by atoms with Crippen LogP contribution in [-0.4, -0.2) is 16.4 Å². The van der Waals surface area contributed by atoms with E-state index in [4.69, 9.17) is 10.7 Å². The van der Waals surface area contributed by atoms with Crippen molar-refractivity contribution in [3.63, 3.8) is 0 Å². The highest BCUT2D eigenvalue weighted by Crippen LogP contribution is 2.22. The molecular formula is C17H20N4. The SMILES string of the molecule is Cc1ccc(CN(C)c2nc3ccccn3c2CN)cc1. The topological polar surface area (TPSA) is 46.6 Å². The van der Waals surface area contributed by atoms with Gasteiger partial charge in [0.2, 0.25) is 0 Å². The highest BCUT2D eigenvalue weighted by atomic mass is 15.2. The summed E-state index contributed by atoms with van der Waals surface area (Å²) in [5, 5.41) is 0. The summed E-state index contributed by atoms with van der Waals surface area (Å²) in [5.41, 5.74) is 10.4. The molecule has 0 saturated heterocycles. The number of aromatic nitrogens is 2. The molecule has 0 aliphatic carbocycles. The summed E-state index contributed by atoms with van der Waals surface area (Å²) in [7, 11) is 2.06. The van der Waals surface area contributed by atoms with Crippen LogP contribution in [0.25, 0.3) is 5.65 Å². The van der Waals surface area contributed by atoms with E-state index in [9.17, 15) is 0 Å². The minimum Gasteiger partial charge on any atom is -0.354 e. The maximum atomic E-state index is 5.92. The molecule has 1 aromatic carbocycles. The lowest BCUT2D eigenvalue weighted by Crippen LogP contribution is -2.19. The summed E-state index contributed by atoms with van der Waals surface area (Å²) >= 11 is 0. The predicted octanol–water partition coefficient (Wildman–Crippen LogP) is 2.74. The molecule has 2 aromatic heterocycles. The maximum Gasteiger partial charge on any atom is 0.152 e. The molecule has 0 amide bonds. The van der Waals surface area contributed by atoms with E-state index >= 15 is 0 Å². The van der Waals surface area contributed by atoms with Gasteiger partial charge in [-0.05, 0) is 24.6 Å². The third kappa shape index (κ3) is 2.62. The van der Waals surface area contributed by atoms with Crippen LogP contribution in [0.15, 0.2) is 48.7 Å². The van der Waals surface area contributed by atoms with Gasteiger partial charge in [-0.2, -0.15) is 0 Å². The lowest BCUT2D eigenvalue weighted by molar-refractivity contribution is 0.873. The van der Waals surface area contributed by atoms with E-state index in [0.717, 1.165) is 23.7 Å². The number of imidazole rings is 1. The minimum absolute atomic E-state index is 0.471. The molecule has 2 N–H and O–H groups in total. The first kappa shape index (κ1) is 13.6. The Kier molecular flexibility index (Phi) is 3.62. The van der Waals surface area contributed by atoms with E-state index in [2.05, 4.69) is 47.5 Å². The van der Waals surface area contributed by atoms with Crippen molar-refractivity contribution in [2.45, 2.75) is 20.0 Å². The van der Waals surface area contributed by atoms with Crippen LogP contribution in [0.5, 0.6) is 0 Å². The summed E-state index contributed by atoms with van der Waals surface area (Å²) in [6.45, 7) is 3.39.